The standard InChI is InChI=1S/C32H26BrClN4O3S/c1-20-3-13-26(14-4-20)36-32-37-28(19-42-32)23-7-9-24(10-8-23)31(39)38-35-17-22-15-27(33)30(29(16-22)40-2)41-18-21-5-11-25(34)12-6-21/h3-17,19H,18H2,1-2H3,(H,36,37)(H,38,39)/b35-17-. The minimum Gasteiger partial charge on any atom is -0.493 e. The lowest BCUT2D eigenvalue weighted by atomic mass is 10.1. The molecule has 2 N–H and O–H groups in total. The summed E-state index contributed by atoms with van der Waals surface area (Å²) in [5.74, 6) is 0.764. The van der Waals surface area contributed by atoms with Crippen LogP contribution in [0.2, 0.25) is 5.02 Å². The molecule has 7 nitrogen and oxygen atoms in total. The molecule has 0 atom stereocenters. The van der Waals surface area contributed by atoms with Gasteiger partial charge in [0, 0.05) is 27.2 Å². The van der Waals surface area contributed by atoms with Crippen molar-refractivity contribution in [1.82, 2.24) is 10.4 Å². The van der Waals surface area contributed by atoms with Gasteiger partial charge in [-0.2, -0.15) is 5.10 Å². The van der Waals surface area contributed by atoms with E-state index in [9.17, 15) is 4.79 Å². The summed E-state index contributed by atoms with van der Waals surface area (Å²) in [6.07, 6.45) is 1.54. The van der Waals surface area contributed by atoms with Crippen LogP contribution in [0.4, 0.5) is 10.8 Å². The molecule has 5 aromatic rings. The molecule has 212 valence electrons. The van der Waals surface area contributed by atoms with E-state index in [0.29, 0.717) is 38.7 Å². The van der Waals surface area contributed by atoms with Gasteiger partial charge in [0.1, 0.15) is 6.61 Å². The molecule has 1 heterocycles. The molecule has 0 aliphatic carbocycles. The number of nitrogens with one attached hydrogen (secondary N) is 2. The SMILES string of the molecule is COc1cc(/C=N\NC(=O)c2ccc(-c3csc(Nc4ccc(C)cc4)n3)cc2)cc(Br)c1OCc1ccc(Cl)cc1. The van der Waals surface area contributed by atoms with E-state index in [-0.39, 0.29) is 5.91 Å². The number of nitrogens with zero attached hydrogens (tertiary/aromatic N) is 2. The van der Waals surface area contributed by atoms with Gasteiger partial charge in [-0.25, -0.2) is 10.4 Å². The Morgan fingerprint density at radius 1 is 1.05 bits per heavy atom. The van der Waals surface area contributed by atoms with Gasteiger partial charge in [0.05, 0.1) is 23.5 Å². The second kappa shape index (κ2) is 13.7. The average molecular weight is 662 g/mol. The second-order valence-corrected chi connectivity index (χ2v) is 11.4. The number of carbonyl (C=O) groups excluding carboxylic acids is 1. The largest absolute Gasteiger partial charge is 0.493 e. The number of aryl methyl sites for hydroxylation is 1. The van der Waals surface area contributed by atoms with Crippen molar-refractivity contribution in [2.45, 2.75) is 13.5 Å². The fraction of sp³-hybridized carbons (Fsp3) is 0.0938. The van der Waals surface area contributed by atoms with Gasteiger partial charge >= 0.3 is 0 Å². The number of benzene rings is 4. The molecule has 0 aliphatic rings. The second-order valence-electron chi connectivity index (χ2n) is 9.25. The monoisotopic (exact) mass is 660 g/mol. The first-order chi connectivity index (χ1) is 20.4. The number of rotatable bonds is 10. The maximum Gasteiger partial charge on any atom is 0.271 e. The molecule has 0 aliphatic heterocycles. The first-order valence-electron chi connectivity index (χ1n) is 12.9. The molecule has 0 bridgehead atoms. The number of thiazole rings is 1. The Hall–Kier alpha value is -4.18. The zero-order valence-corrected chi connectivity index (χ0v) is 25.9. The van der Waals surface area contributed by atoms with Crippen molar-refractivity contribution in [3.8, 4) is 22.8 Å². The number of hydrogen-bond acceptors (Lipinski definition) is 7. The molecule has 4 aromatic carbocycles. The smallest absolute Gasteiger partial charge is 0.271 e. The fourth-order valence-corrected chi connectivity index (χ4v) is 5.38. The van der Waals surface area contributed by atoms with Crippen LogP contribution in [0.3, 0.4) is 0 Å². The first kappa shape index (κ1) is 29.3. The summed E-state index contributed by atoms with van der Waals surface area (Å²) in [5, 5.41) is 10.9. The Morgan fingerprint density at radius 3 is 2.50 bits per heavy atom. The van der Waals surface area contributed by atoms with Crippen molar-refractivity contribution in [1.29, 1.82) is 0 Å². The van der Waals surface area contributed by atoms with Crippen LogP contribution in [0, 0.1) is 6.92 Å². The number of anilines is 2. The summed E-state index contributed by atoms with van der Waals surface area (Å²) < 4.78 is 12.2. The van der Waals surface area contributed by atoms with E-state index in [1.54, 1.807) is 31.5 Å². The maximum absolute atomic E-state index is 12.7. The number of carbonyl (C=O) groups is 1. The summed E-state index contributed by atoms with van der Waals surface area (Å²) in [6.45, 7) is 2.40. The van der Waals surface area contributed by atoms with Crippen LogP contribution in [-0.4, -0.2) is 24.2 Å². The molecular formula is C32H26BrClN4O3S. The van der Waals surface area contributed by atoms with Gasteiger partial charge in [-0.15, -0.1) is 11.3 Å². The van der Waals surface area contributed by atoms with E-state index in [4.69, 9.17) is 21.1 Å². The minimum absolute atomic E-state index is 0.327. The molecule has 0 spiro atoms. The topological polar surface area (TPSA) is 84.8 Å². The van der Waals surface area contributed by atoms with Crippen LogP contribution in [0.15, 0.2) is 99.9 Å². The van der Waals surface area contributed by atoms with Gasteiger partial charge in [0.2, 0.25) is 0 Å². The first-order valence-corrected chi connectivity index (χ1v) is 14.9. The Morgan fingerprint density at radius 2 is 1.79 bits per heavy atom. The number of aromatic nitrogens is 1. The highest BCUT2D eigenvalue weighted by Crippen LogP contribution is 2.37. The third-order valence-electron chi connectivity index (χ3n) is 6.18. The zero-order valence-electron chi connectivity index (χ0n) is 22.7. The summed E-state index contributed by atoms with van der Waals surface area (Å²) in [5.41, 5.74) is 8.68. The Labute approximate surface area is 261 Å². The Bertz CT molecular complexity index is 1710. The predicted octanol–water partition coefficient (Wildman–Crippen LogP) is 8.63. The molecule has 0 unspecified atom stereocenters. The highest BCUT2D eigenvalue weighted by atomic mass is 79.9. The zero-order chi connectivity index (χ0) is 29.5. The lowest BCUT2D eigenvalue weighted by molar-refractivity contribution is 0.0955. The van der Waals surface area contributed by atoms with E-state index < -0.39 is 0 Å². The molecule has 1 aromatic heterocycles. The van der Waals surface area contributed by atoms with Gasteiger partial charge in [-0.05, 0) is 82.5 Å². The van der Waals surface area contributed by atoms with Gasteiger partial charge < -0.3 is 14.8 Å². The number of hydrazone groups is 1. The molecule has 1 amide bonds. The van der Waals surface area contributed by atoms with E-state index in [0.717, 1.165) is 27.6 Å². The highest BCUT2D eigenvalue weighted by Gasteiger charge is 2.12. The van der Waals surface area contributed by atoms with Crippen LogP contribution < -0.4 is 20.2 Å². The molecule has 10 heteroatoms. The third kappa shape index (κ3) is 7.55. The summed E-state index contributed by atoms with van der Waals surface area (Å²) in [6, 6.07) is 26.4. The lowest BCUT2D eigenvalue weighted by Crippen LogP contribution is -2.17. The van der Waals surface area contributed by atoms with Crippen molar-refractivity contribution in [3.05, 3.63) is 122 Å². The van der Waals surface area contributed by atoms with Crippen molar-refractivity contribution in [2.75, 3.05) is 12.4 Å². The quantitative estimate of drug-likeness (QED) is 0.116. The summed E-state index contributed by atoms with van der Waals surface area (Å²) >= 11 is 11.0. The molecule has 0 radical (unpaired) electrons. The Kier molecular flexibility index (Phi) is 9.53. The van der Waals surface area contributed by atoms with Crippen molar-refractivity contribution >= 4 is 61.8 Å². The molecule has 42 heavy (non-hydrogen) atoms. The van der Waals surface area contributed by atoms with Crippen molar-refractivity contribution in [3.63, 3.8) is 0 Å². The summed E-state index contributed by atoms with van der Waals surface area (Å²) in [7, 11) is 1.57. The predicted molar refractivity (Wildman–Crippen MR) is 174 cm³/mol. The van der Waals surface area contributed by atoms with Gasteiger partial charge in [0.25, 0.3) is 5.91 Å². The van der Waals surface area contributed by atoms with Crippen molar-refractivity contribution < 1.29 is 14.3 Å². The summed E-state index contributed by atoms with van der Waals surface area (Å²) in [4.78, 5) is 17.4. The third-order valence-corrected chi connectivity index (χ3v) is 7.78. The molecular weight excluding hydrogens is 636 g/mol. The molecule has 5 rings (SSSR count). The minimum atomic E-state index is -0.327. The number of hydrogen-bond donors (Lipinski definition) is 2. The normalized spacial score (nSPS) is 11.0. The fourth-order valence-electron chi connectivity index (χ4n) is 3.94. The Balaban J connectivity index is 1.18. The van der Waals surface area contributed by atoms with E-state index in [1.807, 2.05) is 60.0 Å². The van der Waals surface area contributed by atoms with Crippen LogP contribution in [0.5, 0.6) is 11.5 Å². The molecule has 0 saturated heterocycles. The van der Waals surface area contributed by atoms with Crippen LogP contribution in [0.1, 0.15) is 27.0 Å². The van der Waals surface area contributed by atoms with Crippen molar-refractivity contribution in [2.24, 2.45) is 5.10 Å². The van der Waals surface area contributed by atoms with E-state index in [2.05, 4.69) is 55.8 Å². The molecule has 0 saturated carbocycles. The number of methoxy groups -OCH3 is 1. The average Bonchev–Trinajstić information content (AvgIpc) is 3.47. The number of amides is 1. The van der Waals surface area contributed by atoms with Gasteiger partial charge in [-0.3, -0.25) is 4.79 Å². The van der Waals surface area contributed by atoms with E-state index in [1.165, 1.54) is 16.9 Å². The van der Waals surface area contributed by atoms with Crippen LogP contribution in [0.25, 0.3) is 11.3 Å². The van der Waals surface area contributed by atoms with Gasteiger partial charge in [-0.1, -0.05) is 53.6 Å². The lowest BCUT2D eigenvalue weighted by Gasteiger charge is -2.13. The number of ether oxygens (including phenoxy) is 2. The van der Waals surface area contributed by atoms with Crippen LogP contribution >= 0.6 is 38.9 Å². The highest BCUT2D eigenvalue weighted by molar-refractivity contribution is 9.10. The maximum atomic E-state index is 12.7. The van der Waals surface area contributed by atoms with Gasteiger partial charge in [0.15, 0.2) is 16.6 Å². The van der Waals surface area contributed by atoms with E-state index >= 15 is 0 Å². The van der Waals surface area contributed by atoms with Crippen LogP contribution in [-0.2, 0) is 6.61 Å². The molecule has 0 fully saturated rings. The number of halogens is 2.